The molecule has 1 aliphatic carbocycles. The van der Waals surface area contributed by atoms with Crippen molar-refractivity contribution in [2.75, 3.05) is 5.32 Å². The number of rotatable bonds is 6. The molecule has 3 rings (SSSR count). The van der Waals surface area contributed by atoms with Crippen molar-refractivity contribution < 1.29 is 9.90 Å². The van der Waals surface area contributed by atoms with Crippen molar-refractivity contribution in [3.63, 3.8) is 0 Å². The van der Waals surface area contributed by atoms with Gasteiger partial charge in [0, 0.05) is 16.8 Å². The first-order valence-corrected chi connectivity index (χ1v) is 11.4. The highest BCUT2D eigenvalue weighted by Gasteiger charge is 2.35. The number of aromatic nitrogens is 2. The third-order valence-electron chi connectivity index (χ3n) is 5.96. The first-order valence-electron chi connectivity index (χ1n) is 10.2. The minimum Gasteiger partial charge on any atom is -0.476 e. The van der Waals surface area contributed by atoms with Gasteiger partial charge in [-0.3, -0.25) is 0 Å². The number of anilines is 1. The second-order valence-corrected chi connectivity index (χ2v) is 9.63. The number of halogens is 2. The molecule has 0 saturated heterocycles. The summed E-state index contributed by atoms with van der Waals surface area (Å²) in [7, 11) is 0. The Kier molecular flexibility index (Phi) is 6.94. The Labute approximate surface area is 186 Å². The van der Waals surface area contributed by atoms with E-state index >= 15 is 0 Å². The van der Waals surface area contributed by atoms with Gasteiger partial charge < -0.3 is 15.0 Å². The highest BCUT2D eigenvalue weighted by Crippen LogP contribution is 2.42. The lowest BCUT2D eigenvalue weighted by Crippen LogP contribution is -2.29. The largest absolute Gasteiger partial charge is 0.476 e. The maximum Gasteiger partial charge on any atom is 0.356 e. The third kappa shape index (κ3) is 4.80. The molecule has 1 heterocycles. The predicted molar refractivity (Wildman–Crippen MR) is 121 cm³/mol. The van der Waals surface area contributed by atoms with Crippen LogP contribution in [-0.4, -0.2) is 20.6 Å². The zero-order valence-electron chi connectivity index (χ0n) is 17.4. The van der Waals surface area contributed by atoms with Gasteiger partial charge in [-0.15, -0.1) is 0 Å². The van der Waals surface area contributed by atoms with Crippen molar-refractivity contribution in [3.05, 3.63) is 44.9 Å². The number of carboxylic acid groups (broad SMARTS) is 1. The van der Waals surface area contributed by atoms with Crippen LogP contribution >= 0.6 is 27.5 Å². The molecule has 0 aliphatic heterocycles. The zero-order valence-corrected chi connectivity index (χ0v) is 19.7. The molecule has 1 unspecified atom stereocenters. The molecule has 158 valence electrons. The van der Waals surface area contributed by atoms with Gasteiger partial charge in [0.25, 0.3) is 0 Å². The molecule has 5 nitrogen and oxygen atoms in total. The fourth-order valence-electron chi connectivity index (χ4n) is 4.31. The van der Waals surface area contributed by atoms with E-state index in [-0.39, 0.29) is 17.8 Å². The molecule has 29 heavy (non-hydrogen) atoms. The summed E-state index contributed by atoms with van der Waals surface area (Å²) in [6.07, 6.45) is 4.41. The van der Waals surface area contributed by atoms with Crippen LogP contribution in [-0.2, 0) is 0 Å². The number of hydrogen-bond donors (Lipinski definition) is 2. The van der Waals surface area contributed by atoms with Crippen LogP contribution in [0.2, 0.25) is 5.02 Å². The van der Waals surface area contributed by atoms with E-state index < -0.39 is 5.97 Å². The normalized spacial score (nSPS) is 20.7. The maximum atomic E-state index is 12.1. The Morgan fingerprint density at radius 1 is 1.31 bits per heavy atom. The number of benzene rings is 1. The summed E-state index contributed by atoms with van der Waals surface area (Å²) < 4.78 is 2.55. The average molecular weight is 483 g/mol. The molecule has 1 fully saturated rings. The Morgan fingerprint density at radius 2 is 1.97 bits per heavy atom. The Morgan fingerprint density at radius 3 is 2.55 bits per heavy atom. The number of nitrogens with zero attached hydrogens (tertiary/aromatic N) is 2. The molecule has 1 atom stereocenters. The van der Waals surface area contributed by atoms with Gasteiger partial charge in [-0.1, -0.05) is 37.4 Å². The molecule has 2 aromatic rings. The molecule has 0 radical (unpaired) electrons. The van der Waals surface area contributed by atoms with Crippen LogP contribution in [0.1, 0.15) is 80.3 Å². The number of imidazole rings is 1. The number of nitrogens with one attached hydrogen (secondary N) is 1. The summed E-state index contributed by atoms with van der Waals surface area (Å²) in [5.74, 6) is 0.0307. The van der Waals surface area contributed by atoms with Gasteiger partial charge in [-0.25, -0.2) is 9.78 Å². The number of hydrogen-bond acceptors (Lipinski definition) is 3. The summed E-state index contributed by atoms with van der Waals surface area (Å²) in [6.45, 7) is 8.42. The maximum absolute atomic E-state index is 12.1. The van der Waals surface area contributed by atoms with Gasteiger partial charge in [-0.05, 0) is 79.1 Å². The van der Waals surface area contributed by atoms with Crippen molar-refractivity contribution in [2.24, 2.45) is 11.8 Å². The van der Waals surface area contributed by atoms with Crippen LogP contribution in [0.15, 0.2) is 22.9 Å². The fraction of sp³-hybridized carbons (Fsp3) is 0.545. The Balaban J connectivity index is 2.13. The monoisotopic (exact) mass is 481 g/mol. The molecular formula is C22H29BrClN3O2. The first kappa shape index (κ1) is 22.2. The fourth-order valence-corrected chi connectivity index (χ4v) is 5.26. The average Bonchev–Trinajstić information content (AvgIpc) is 3.01. The number of aromatic carboxylic acids is 1. The summed E-state index contributed by atoms with van der Waals surface area (Å²) in [4.78, 5) is 16.4. The lowest BCUT2D eigenvalue weighted by molar-refractivity contribution is 0.0688. The van der Waals surface area contributed by atoms with Crippen molar-refractivity contribution in [1.29, 1.82) is 0 Å². The van der Waals surface area contributed by atoms with Crippen LogP contribution in [0.3, 0.4) is 0 Å². The van der Waals surface area contributed by atoms with Crippen molar-refractivity contribution in [2.45, 2.75) is 65.5 Å². The van der Waals surface area contributed by atoms with E-state index in [1.54, 1.807) is 0 Å². The van der Waals surface area contributed by atoms with E-state index in [4.69, 9.17) is 11.6 Å². The van der Waals surface area contributed by atoms with E-state index in [1.165, 1.54) is 0 Å². The van der Waals surface area contributed by atoms with Gasteiger partial charge in [0.1, 0.15) is 0 Å². The molecule has 2 N–H and O–H groups in total. The first-order chi connectivity index (χ1) is 13.7. The lowest BCUT2D eigenvalue weighted by atomic mass is 9.78. The molecule has 1 aromatic heterocycles. The molecule has 7 heteroatoms. The van der Waals surface area contributed by atoms with E-state index in [2.05, 4.69) is 33.2 Å². The van der Waals surface area contributed by atoms with Gasteiger partial charge in [0.2, 0.25) is 0 Å². The summed E-state index contributed by atoms with van der Waals surface area (Å²) >= 11 is 9.75. The lowest BCUT2D eigenvalue weighted by Gasteiger charge is -2.35. The van der Waals surface area contributed by atoms with Gasteiger partial charge >= 0.3 is 5.97 Å². The second-order valence-electron chi connectivity index (χ2n) is 8.48. The van der Waals surface area contributed by atoms with Crippen LogP contribution in [0.25, 0.3) is 0 Å². The van der Waals surface area contributed by atoms with Crippen molar-refractivity contribution in [1.82, 2.24) is 9.55 Å². The molecule has 0 bridgehead atoms. The van der Waals surface area contributed by atoms with Crippen molar-refractivity contribution in [3.8, 4) is 0 Å². The second kappa shape index (κ2) is 9.09. The molecule has 0 amide bonds. The highest BCUT2D eigenvalue weighted by molar-refractivity contribution is 9.10. The smallest absolute Gasteiger partial charge is 0.356 e. The highest BCUT2D eigenvalue weighted by atomic mass is 79.9. The number of carboxylic acids is 1. The van der Waals surface area contributed by atoms with Gasteiger partial charge in [0.05, 0.1) is 11.7 Å². The molecule has 1 aliphatic rings. The minimum absolute atomic E-state index is 0.0762. The van der Waals surface area contributed by atoms with E-state index in [0.717, 1.165) is 42.6 Å². The number of aryl methyl sites for hydroxylation is 1. The third-order valence-corrected chi connectivity index (χ3v) is 6.76. The van der Waals surface area contributed by atoms with Crippen LogP contribution in [0, 0.1) is 18.8 Å². The van der Waals surface area contributed by atoms with Crippen LogP contribution in [0.5, 0.6) is 0 Å². The standard InChI is InChI=1S/C22H29BrClN3O2/c1-12(2)27-20(19(21(28)29)26-22(27)23)18(15-8-5-13(3)6-9-15)25-17-11-16(24)10-7-14(17)4/h7,10-13,15,18,25H,5-6,8-9H2,1-4H3,(H,28,29)/t13-,15-,18?. The topological polar surface area (TPSA) is 67.2 Å². The minimum atomic E-state index is -1.00. The summed E-state index contributed by atoms with van der Waals surface area (Å²) in [6, 6.07) is 5.69. The summed E-state index contributed by atoms with van der Waals surface area (Å²) in [5.41, 5.74) is 2.86. The van der Waals surface area contributed by atoms with Crippen molar-refractivity contribution >= 4 is 39.2 Å². The number of carbonyl (C=O) groups is 1. The Hall–Kier alpha value is -1.53. The van der Waals surface area contributed by atoms with Gasteiger partial charge in [-0.2, -0.15) is 0 Å². The predicted octanol–water partition coefficient (Wildman–Crippen LogP) is 6.87. The molecule has 1 aromatic carbocycles. The quantitative estimate of drug-likeness (QED) is 0.471. The van der Waals surface area contributed by atoms with E-state index in [1.807, 2.05) is 43.5 Å². The molecular weight excluding hydrogens is 454 g/mol. The molecule has 1 saturated carbocycles. The SMILES string of the molecule is Cc1ccc(Cl)cc1NC(c1c(C(=O)O)nc(Br)n1C(C)C)[C@H]1CC[C@H](C)CC1. The zero-order chi connectivity index (χ0) is 21.3. The van der Waals surface area contributed by atoms with Gasteiger partial charge in [0.15, 0.2) is 10.4 Å². The van der Waals surface area contributed by atoms with E-state index in [9.17, 15) is 9.90 Å². The van der Waals surface area contributed by atoms with Crippen LogP contribution in [0.4, 0.5) is 5.69 Å². The van der Waals surface area contributed by atoms with E-state index in [0.29, 0.717) is 21.6 Å². The summed E-state index contributed by atoms with van der Waals surface area (Å²) in [5, 5.41) is 14.2. The van der Waals surface area contributed by atoms with Crippen LogP contribution < -0.4 is 5.32 Å². The Bertz CT molecular complexity index is 888. The molecule has 0 spiro atoms.